The van der Waals surface area contributed by atoms with Crippen LogP contribution in [0.5, 0.6) is 0 Å². The average Bonchev–Trinajstić information content (AvgIpc) is 3.56. The topological polar surface area (TPSA) is 4.93 Å². The van der Waals surface area contributed by atoms with Gasteiger partial charge in [-0.3, -0.25) is 4.48 Å². The maximum absolute atomic E-state index is 2.44. The molecule has 1 aliphatic heterocycles. The summed E-state index contributed by atoms with van der Waals surface area (Å²) in [7, 11) is 4.58. The molecule has 8 aromatic carbocycles. The van der Waals surface area contributed by atoms with Crippen LogP contribution in [-0.2, 0) is 0 Å². The van der Waals surface area contributed by atoms with E-state index in [1.54, 1.807) is 0 Å². The summed E-state index contributed by atoms with van der Waals surface area (Å²) in [5, 5.41) is 10.3. The summed E-state index contributed by atoms with van der Waals surface area (Å²) in [4.78, 5) is 0. The molecule has 10 rings (SSSR count). The quantitative estimate of drug-likeness (QED) is 0.140. The minimum absolute atomic E-state index is 0.757. The lowest BCUT2D eigenvalue weighted by atomic mass is 9.94. The van der Waals surface area contributed by atoms with Crippen LogP contribution in [0, 0.1) is 0 Å². The molecule has 46 heavy (non-hydrogen) atoms. The zero-order valence-electron chi connectivity index (χ0n) is 25.8. The summed E-state index contributed by atoms with van der Waals surface area (Å²) in [5.74, 6) is 0. The van der Waals surface area contributed by atoms with Gasteiger partial charge in [0.05, 0.1) is 25.1 Å². The zero-order chi connectivity index (χ0) is 30.6. The van der Waals surface area contributed by atoms with Gasteiger partial charge in [0.25, 0.3) is 0 Å². The molecule has 0 bridgehead atoms. The molecule has 2 heteroatoms. The molecule has 0 aliphatic carbocycles. The third-order valence-corrected chi connectivity index (χ3v) is 10.4. The van der Waals surface area contributed by atoms with Crippen LogP contribution in [-0.4, -0.2) is 18.7 Å². The number of fused-ring (bicyclic) bond motifs is 12. The van der Waals surface area contributed by atoms with Crippen LogP contribution in [0.25, 0.3) is 82.1 Å². The first kappa shape index (κ1) is 25.6. The van der Waals surface area contributed by atoms with E-state index in [-0.39, 0.29) is 0 Å². The van der Waals surface area contributed by atoms with E-state index in [9.17, 15) is 0 Å². The van der Waals surface area contributed by atoms with E-state index in [1.165, 1.54) is 93.4 Å². The Bertz CT molecular complexity index is 2690. The van der Waals surface area contributed by atoms with Crippen molar-refractivity contribution in [1.29, 1.82) is 0 Å². The summed E-state index contributed by atoms with van der Waals surface area (Å²) in [6.45, 7) is 0. The molecule has 0 N–H and O–H groups in total. The van der Waals surface area contributed by atoms with E-state index in [0.29, 0.717) is 0 Å². The molecule has 2 nitrogen and oxygen atoms in total. The Morgan fingerprint density at radius 2 is 0.913 bits per heavy atom. The Morgan fingerprint density at radius 3 is 1.67 bits per heavy atom. The molecule has 0 spiro atoms. The van der Waals surface area contributed by atoms with Crippen LogP contribution in [0.15, 0.2) is 152 Å². The van der Waals surface area contributed by atoms with Crippen molar-refractivity contribution in [3.05, 3.63) is 152 Å². The van der Waals surface area contributed by atoms with Crippen LogP contribution in [0.2, 0.25) is 0 Å². The highest BCUT2D eigenvalue weighted by Crippen LogP contribution is 2.51. The van der Waals surface area contributed by atoms with Gasteiger partial charge in [-0.2, -0.15) is 0 Å². The molecule has 9 aromatic rings. The van der Waals surface area contributed by atoms with Gasteiger partial charge in [-0.25, -0.2) is 0 Å². The fraction of sp³-hybridized carbons (Fsp3) is 0.0455. The number of aromatic nitrogens is 1. The maximum atomic E-state index is 2.44. The second-order valence-corrected chi connectivity index (χ2v) is 13.1. The van der Waals surface area contributed by atoms with Crippen molar-refractivity contribution < 1.29 is 0 Å². The van der Waals surface area contributed by atoms with Crippen LogP contribution >= 0.6 is 0 Å². The lowest BCUT2D eigenvalue weighted by Gasteiger charge is -2.25. The van der Waals surface area contributed by atoms with E-state index >= 15 is 0 Å². The molecule has 0 saturated heterocycles. The molecule has 0 saturated carbocycles. The minimum Gasteiger partial charge on any atom is -0.309 e. The smallest absolute Gasteiger partial charge is 0.146 e. The average molecular weight is 588 g/mol. The Morgan fingerprint density at radius 1 is 0.370 bits per heavy atom. The van der Waals surface area contributed by atoms with E-state index in [1.807, 2.05) is 0 Å². The number of benzene rings is 8. The van der Waals surface area contributed by atoms with Crippen molar-refractivity contribution in [3.63, 3.8) is 0 Å². The van der Waals surface area contributed by atoms with Gasteiger partial charge in [0.2, 0.25) is 0 Å². The number of hydrogen-bond acceptors (Lipinski definition) is 0. The summed E-state index contributed by atoms with van der Waals surface area (Å²) in [6, 6.07) is 56.2. The fourth-order valence-electron chi connectivity index (χ4n) is 8.19. The first-order valence-corrected chi connectivity index (χ1v) is 16.0. The van der Waals surface area contributed by atoms with Crippen LogP contribution in [0.4, 0.5) is 11.4 Å². The van der Waals surface area contributed by atoms with Crippen molar-refractivity contribution in [2.45, 2.75) is 0 Å². The third kappa shape index (κ3) is 3.39. The second-order valence-electron chi connectivity index (χ2n) is 13.1. The molecule has 0 amide bonds. The molecule has 2 heterocycles. The van der Waals surface area contributed by atoms with Gasteiger partial charge in [0.1, 0.15) is 11.4 Å². The summed E-state index contributed by atoms with van der Waals surface area (Å²) < 4.78 is 3.20. The van der Waals surface area contributed by atoms with E-state index in [4.69, 9.17) is 0 Å². The van der Waals surface area contributed by atoms with Crippen molar-refractivity contribution >= 4 is 65.5 Å². The predicted octanol–water partition coefficient (Wildman–Crippen LogP) is 11.8. The standard InChI is InChI=1S/C44H31N2/c1-46(2)43-18-10-8-16-37(43)38-22-19-29(26-44(38)46)28-20-24-42-40(25-28)36-15-7-9-17-41(36)45(42)30-21-23-35-33-13-4-3-11-31(33)32-12-5-6-14-34(32)39(35)27-30/h3-27H,1-2H3/q+1. The van der Waals surface area contributed by atoms with Crippen LogP contribution < -0.4 is 4.48 Å². The van der Waals surface area contributed by atoms with Crippen LogP contribution in [0.3, 0.4) is 0 Å². The predicted molar refractivity (Wildman–Crippen MR) is 197 cm³/mol. The maximum Gasteiger partial charge on any atom is 0.146 e. The SMILES string of the molecule is C[N+]1(C)c2ccccc2-c2ccc(-c3ccc4c(c3)c3ccccc3n4-c3ccc4c5ccccc5c5ccccc5c4c3)cc21. The van der Waals surface area contributed by atoms with Gasteiger partial charge < -0.3 is 4.57 Å². The molecule has 0 unspecified atom stereocenters. The Balaban J connectivity index is 1.18. The summed E-state index contributed by atoms with van der Waals surface area (Å²) in [5.41, 5.74) is 11.5. The zero-order valence-corrected chi connectivity index (χ0v) is 25.8. The highest BCUT2D eigenvalue weighted by molar-refractivity contribution is 6.25. The van der Waals surface area contributed by atoms with Crippen molar-refractivity contribution in [3.8, 4) is 27.9 Å². The van der Waals surface area contributed by atoms with Gasteiger partial charge >= 0.3 is 0 Å². The molecular weight excluding hydrogens is 556 g/mol. The number of nitrogens with zero attached hydrogens (tertiary/aromatic N) is 2. The largest absolute Gasteiger partial charge is 0.309 e. The highest BCUT2D eigenvalue weighted by Gasteiger charge is 2.36. The van der Waals surface area contributed by atoms with Gasteiger partial charge in [0, 0.05) is 39.7 Å². The second kappa shape index (κ2) is 9.17. The van der Waals surface area contributed by atoms with Crippen molar-refractivity contribution in [1.82, 2.24) is 9.05 Å². The van der Waals surface area contributed by atoms with Gasteiger partial charge in [-0.05, 0) is 85.9 Å². The molecule has 1 aliphatic rings. The fourth-order valence-corrected chi connectivity index (χ4v) is 8.19. The van der Waals surface area contributed by atoms with Gasteiger partial charge in [0.15, 0.2) is 0 Å². The number of quaternary nitrogens is 1. The first-order valence-electron chi connectivity index (χ1n) is 16.0. The number of rotatable bonds is 2. The first-order chi connectivity index (χ1) is 22.6. The summed E-state index contributed by atoms with van der Waals surface area (Å²) >= 11 is 0. The molecule has 1 aromatic heterocycles. The van der Waals surface area contributed by atoms with E-state index in [0.717, 1.165) is 4.48 Å². The van der Waals surface area contributed by atoms with E-state index in [2.05, 4.69) is 170 Å². The van der Waals surface area contributed by atoms with Gasteiger partial charge in [-0.15, -0.1) is 0 Å². The van der Waals surface area contributed by atoms with Crippen molar-refractivity contribution in [2.75, 3.05) is 14.1 Å². The summed E-state index contributed by atoms with van der Waals surface area (Å²) in [6.07, 6.45) is 0. The minimum atomic E-state index is 0.757. The lowest BCUT2D eigenvalue weighted by Crippen LogP contribution is -2.31. The Labute approximate surface area is 267 Å². The molecule has 216 valence electrons. The van der Waals surface area contributed by atoms with Crippen molar-refractivity contribution in [2.24, 2.45) is 0 Å². The number of para-hydroxylation sites is 2. The Kier molecular flexibility index (Phi) is 5.10. The Hall–Kier alpha value is -5.70. The molecule has 0 atom stereocenters. The lowest BCUT2D eigenvalue weighted by molar-refractivity contribution is 0.568. The number of hydrogen-bond donors (Lipinski definition) is 0. The molecule has 0 fully saturated rings. The van der Waals surface area contributed by atoms with Gasteiger partial charge in [-0.1, -0.05) is 97.1 Å². The van der Waals surface area contributed by atoms with Crippen LogP contribution in [0.1, 0.15) is 0 Å². The van der Waals surface area contributed by atoms with E-state index < -0.39 is 0 Å². The third-order valence-electron chi connectivity index (χ3n) is 10.4. The monoisotopic (exact) mass is 587 g/mol. The molecular formula is C44H31N2+. The normalized spacial score (nSPS) is 13.6. The highest BCUT2D eigenvalue weighted by atomic mass is 15.3. The molecule has 0 radical (unpaired) electrons.